The molecule has 0 aliphatic rings. The predicted octanol–water partition coefficient (Wildman–Crippen LogP) is 4.37. The third-order valence-electron chi connectivity index (χ3n) is 2.82. The number of nitrogens with zero attached hydrogens (tertiary/aromatic N) is 1. The summed E-state index contributed by atoms with van der Waals surface area (Å²) in [5, 5.41) is 0.958. The first-order valence-electron chi connectivity index (χ1n) is 5.81. The van der Waals surface area contributed by atoms with Gasteiger partial charge in [-0.15, -0.1) is 0 Å². The first kappa shape index (κ1) is 12.0. The first-order chi connectivity index (χ1) is 9.25. The van der Waals surface area contributed by atoms with Gasteiger partial charge < -0.3 is 10.5 Å². The fraction of sp³-hybridized carbons (Fsp3) is 0. The standard InChI is InChI=1S/C15H11BrN2O/c16-11-5-3-6-12(17)15(11)19-14-8-9-18-13-7-2-1-4-10(13)14/h1-9H,17H2. The molecule has 3 aromatic rings. The molecule has 0 aliphatic carbocycles. The highest BCUT2D eigenvalue weighted by Crippen LogP contribution is 2.37. The Kier molecular flexibility index (Phi) is 3.09. The van der Waals surface area contributed by atoms with Gasteiger partial charge in [-0.1, -0.05) is 18.2 Å². The number of pyridine rings is 1. The van der Waals surface area contributed by atoms with Crippen LogP contribution in [0.1, 0.15) is 0 Å². The van der Waals surface area contributed by atoms with Crippen LogP contribution in [0.2, 0.25) is 0 Å². The molecule has 3 rings (SSSR count). The minimum Gasteiger partial charge on any atom is -0.453 e. The summed E-state index contributed by atoms with van der Waals surface area (Å²) in [5.74, 6) is 1.36. The van der Waals surface area contributed by atoms with Gasteiger partial charge in [0.2, 0.25) is 0 Å². The van der Waals surface area contributed by atoms with Crippen LogP contribution in [-0.2, 0) is 0 Å². The second-order valence-corrected chi connectivity index (χ2v) is 4.94. The van der Waals surface area contributed by atoms with Crippen LogP contribution in [0.3, 0.4) is 0 Å². The van der Waals surface area contributed by atoms with Crippen LogP contribution in [0.15, 0.2) is 59.2 Å². The number of nitrogen functional groups attached to an aromatic ring is 1. The lowest BCUT2D eigenvalue weighted by molar-refractivity contribution is 0.487. The minimum absolute atomic E-state index is 0.593. The summed E-state index contributed by atoms with van der Waals surface area (Å²) in [6.07, 6.45) is 1.73. The van der Waals surface area contributed by atoms with Gasteiger partial charge in [0, 0.05) is 11.6 Å². The number of hydrogen-bond acceptors (Lipinski definition) is 3. The number of anilines is 1. The molecule has 1 heterocycles. The van der Waals surface area contributed by atoms with Gasteiger partial charge in [0.15, 0.2) is 5.75 Å². The molecule has 3 nitrogen and oxygen atoms in total. The molecule has 0 unspecified atom stereocenters. The Labute approximate surface area is 119 Å². The zero-order valence-electron chi connectivity index (χ0n) is 10.0. The maximum absolute atomic E-state index is 5.94. The number of halogens is 1. The highest BCUT2D eigenvalue weighted by molar-refractivity contribution is 9.10. The number of para-hydroxylation sites is 2. The van der Waals surface area contributed by atoms with E-state index >= 15 is 0 Å². The Morgan fingerprint density at radius 1 is 1.00 bits per heavy atom. The molecule has 2 N–H and O–H groups in total. The predicted molar refractivity (Wildman–Crippen MR) is 80.4 cm³/mol. The van der Waals surface area contributed by atoms with E-state index in [0.29, 0.717) is 11.4 Å². The van der Waals surface area contributed by atoms with Crippen molar-refractivity contribution in [2.24, 2.45) is 0 Å². The number of benzene rings is 2. The van der Waals surface area contributed by atoms with Gasteiger partial charge in [-0.2, -0.15) is 0 Å². The summed E-state index contributed by atoms with van der Waals surface area (Å²) in [6, 6.07) is 15.2. The Morgan fingerprint density at radius 2 is 1.84 bits per heavy atom. The molecule has 19 heavy (non-hydrogen) atoms. The van der Waals surface area contributed by atoms with Crippen LogP contribution in [-0.4, -0.2) is 4.98 Å². The van der Waals surface area contributed by atoms with Crippen LogP contribution >= 0.6 is 15.9 Å². The average molecular weight is 315 g/mol. The van der Waals surface area contributed by atoms with E-state index in [0.717, 1.165) is 21.1 Å². The van der Waals surface area contributed by atoms with Gasteiger partial charge in [0.05, 0.1) is 15.7 Å². The molecule has 0 bridgehead atoms. The van der Waals surface area contributed by atoms with Crippen molar-refractivity contribution in [3.05, 3.63) is 59.2 Å². The zero-order chi connectivity index (χ0) is 13.2. The third-order valence-corrected chi connectivity index (χ3v) is 3.44. The Balaban J connectivity index is 2.11. The van der Waals surface area contributed by atoms with Crippen LogP contribution < -0.4 is 10.5 Å². The first-order valence-corrected chi connectivity index (χ1v) is 6.60. The van der Waals surface area contributed by atoms with E-state index in [9.17, 15) is 0 Å². The molecule has 0 saturated carbocycles. The molecule has 1 aromatic heterocycles. The van der Waals surface area contributed by atoms with Gasteiger partial charge in [0.25, 0.3) is 0 Å². The molecular weight excluding hydrogens is 304 g/mol. The monoisotopic (exact) mass is 314 g/mol. The molecule has 0 aliphatic heterocycles. The zero-order valence-corrected chi connectivity index (χ0v) is 11.6. The molecule has 0 radical (unpaired) electrons. The number of ether oxygens (including phenoxy) is 1. The van der Waals surface area contributed by atoms with E-state index in [1.165, 1.54) is 0 Å². The Hall–Kier alpha value is -2.07. The highest BCUT2D eigenvalue weighted by Gasteiger charge is 2.09. The molecule has 0 spiro atoms. The van der Waals surface area contributed by atoms with Crippen molar-refractivity contribution in [2.75, 3.05) is 5.73 Å². The van der Waals surface area contributed by atoms with Crippen LogP contribution in [0.25, 0.3) is 10.9 Å². The quantitative estimate of drug-likeness (QED) is 0.714. The molecule has 0 atom stereocenters. The number of rotatable bonds is 2. The van der Waals surface area contributed by atoms with Crippen LogP contribution in [0.4, 0.5) is 5.69 Å². The molecule has 4 heteroatoms. The number of nitrogens with two attached hydrogens (primary N) is 1. The lowest BCUT2D eigenvalue weighted by atomic mass is 10.2. The molecule has 0 fully saturated rings. The minimum atomic E-state index is 0.593. The van der Waals surface area contributed by atoms with Gasteiger partial charge in [0.1, 0.15) is 5.75 Å². The van der Waals surface area contributed by atoms with E-state index in [2.05, 4.69) is 20.9 Å². The highest BCUT2D eigenvalue weighted by atomic mass is 79.9. The van der Waals surface area contributed by atoms with Crippen molar-refractivity contribution in [3.63, 3.8) is 0 Å². The fourth-order valence-electron chi connectivity index (χ4n) is 1.90. The summed E-state index contributed by atoms with van der Waals surface area (Å²) >= 11 is 3.45. The number of fused-ring (bicyclic) bond motifs is 1. The van der Waals surface area contributed by atoms with Crippen LogP contribution in [0, 0.1) is 0 Å². The van der Waals surface area contributed by atoms with E-state index in [-0.39, 0.29) is 0 Å². The summed E-state index contributed by atoms with van der Waals surface area (Å²) in [6.45, 7) is 0. The van der Waals surface area contributed by atoms with Crippen molar-refractivity contribution in [3.8, 4) is 11.5 Å². The summed E-state index contributed by atoms with van der Waals surface area (Å²) in [7, 11) is 0. The van der Waals surface area contributed by atoms with Gasteiger partial charge in [-0.3, -0.25) is 4.98 Å². The summed E-state index contributed by atoms with van der Waals surface area (Å²) in [4.78, 5) is 4.31. The van der Waals surface area contributed by atoms with E-state index in [1.807, 2.05) is 48.5 Å². The summed E-state index contributed by atoms with van der Waals surface area (Å²) in [5.41, 5.74) is 7.43. The molecule has 0 saturated heterocycles. The lowest BCUT2D eigenvalue weighted by Gasteiger charge is -2.11. The van der Waals surface area contributed by atoms with Crippen molar-refractivity contribution in [1.29, 1.82) is 0 Å². The maximum atomic E-state index is 5.94. The molecular formula is C15H11BrN2O. The summed E-state index contributed by atoms with van der Waals surface area (Å²) < 4.78 is 6.77. The van der Waals surface area contributed by atoms with E-state index in [4.69, 9.17) is 10.5 Å². The topological polar surface area (TPSA) is 48.1 Å². The fourth-order valence-corrected chi connectivity index (χ4v) is 2.36. The van der Waals surface area contributed by atoms with E-state index < -0.39 is 0 Å². The van der Waals surface area contributed by atoms with Crippen molar-refractivity contribution in [1.82, 2.24) is 4.98 Å². The molecule has 94 valence electrons. The largest absolute Gasteiger partial charge is 0.453 e. The van der Waals surface area contributed by atoms with Crippen molar-refractivity contribution >= 4 is 32.5 Å². The second-order valence-electron chi connectivity index (χ2n) is 4.09. The molecule has 2 aromatic carbocycles. The van der Waals surface area contributed by atoms with Crippen molar-refractivity contribution < 1.29 is 4.74 Å². The second kappa shape index (κ2) is 4.90. The number of hydrogen-bond donors (Lipinski definition) is 1. The van der Waals surface area contributed by atoms with Crippen LogP contribution in [0.5, 0.6) is 11.5 Å². The smallest absolute Gasteiger partial charge is 0.164 e. The lowest BCUT2D eigenvalue weighted by Crippen LogP contribution is -1.94. The van der Waals surface area contributed by atoms with Gasteiger partial charge >= 0.3 is 0 Å². The molecule has 0 amide bonds. The third kappa shape index (κ3) is 2.27. The normalized spacial score (nSPS) is 10.6. The Bertz CT molecular complexity index is 718. The van der Waals surface area contributed by atoms with Crippen molar-refractivity contribution in [2.45, 2.75) is 0 Å². The van der Waals surface area contributed by atoms with E-state index in [1.54, 1.807) is 6.20 Å². The SMILES string of the molecule is Nc1cccc(Br)c1Oc1ccnc2ccccc12. The number of aromatic nitrogens is 1. The Morgan fingerprint density at radius 3 is 2.68 bits per heavy atom. The van der Waals surface area contributed by atoms with Gasteiger partial charge in [-0.25, -0.2) is 0 Å². The average Bonchev–Trinajstić information content (AvgIpc) is 2.43. The maximum Gasteiger partial charge on any atom is 0.164 e. The van der Waals surface area contributed by atoms with Gasteiger partial charge in [-0.05, 0) is 46.3 Å².